The third-order valence-corrected chi connectivity index (χ3v) is 6.11. The molecule has 2 rings (SSSR count). The van der Waals surface area contributed by atoms with Gasteiger partial charge in [0.05, 0.1) is 16.3 Å². The third kappa shape index (κ3) is 6.83. The molecule has 0 spiro atoms. The van der Waals surface area contributed by atoms with Crippen molar-refractivity contribution in [1.82, 2.24) is 0 Å². The minimum absolute atomic E-state index is 0.0844. The quantitative estimate of drug-likeness (QED) is 0.479. The number of esters is 1. The lowest BCUT2D eigenvalue weighted by Gasteiger charge is -2.09. The number of nitrogens with one attached hydrogen (secondary N) is 1. The first-order valence-corrected chi connectivity index (χ1v) is 11.0. The Morgan fingerprint density at radius 3 is 2.61 bits per heavy atom. The lowest BCUT2D eigenvalue weighted by molar-refractivity contribution is -0.146. The van der Waals surface area contributed by atoms with Gasteiger partial charge in [-0.3, -0.25) is 9.59 Å². The van der Waals surface area contributed by atoms with E-state index in [0.29, 0.717) is 16.3 Å². The first-order chi connectivity index (χ1) is 13.2. The van der Waals surface area contributed by atoms with Crippen LogP contribution in [0.5, 0.6) is 0 Å². The number of amides is 1. The zero-order chi connectivity index (χ0) is 20.7. The number of nitrogens with two attached hydrogens (primary N) is 1. The summed E-state index contributed by atoms with van der Waals surface area (Å²) in [7, 11) is -3.90. The molecule has 0 bridgehead atoms. The molecule has 0 aliphatic heterocycles. The van der Waals surface area contributed by atoms with Crippen LogP contribution < -0.4 is 10.5 Å². The fourth-order valence-electron chi connectivity index (χ4n) is 2.21. The summed E-state index contributed by atoms with van der Waals surface area (Å²) in [6, 6.07) is 11.6. The van der Waals surface area contributed by atoms with Crippen molar-refractivity contribution < 1.29 is 22.7 Å². The Morgan fingerprint density at radius 1 is 1.21 bits per heavy atom. The molecule has 0 radical (unpaired) electrons. The first kappa shape index (κ1) is 22.2. The second kappa shape index (κ2) is 9.92. The van der Waals surface area contributed by atoms with Crippen molar-refractivity contribution in [2.24, 2.45) is 5.14 Å². The maximum Gasteiger partial charge on any atom is 0.307 e. The van der Waals surface area contributed by atoms with Gasteiger partial charge >= 0.3 is 5.97 Å². The molecule has 0 heterocycles. The SMILES string of the molecule is Cc1ccc(NC(=O)COC(=O)CCSc2ccccc2Cl)cc1S(N)(=O)=O. The van der Waals surface area contributed by atoms with Crippen LogP contribution in [0.3, 0.4) is 0 Å². The highest BCUT2D eigenvalue weighted by molar-refractivity contribution is 7.99. The minimum atomic E-state index is -3.90. The molecule has 150 valence electrons. The molecule has 0 atom stereocenters. The number of ether oxygens (including phenoxy) is 1. The molecule has 2 aromatic rings. The fraction of sp³-hybridized carbons (Fsp3) is 0.222. The molecule has 3 N–H and O–H groups in total. The van der Waals surface area contributed by atoms with Crippen LogP contribution in [0, 0.1) is 6.92 Å². The Hall–Kier alpha value is -2.07. The van der Waals surface area contributed by atoms with Crippen LogP contribution in [-0.2, 0) is 24.3 Å². The maximum absolute atomic E-state index is 11.9. The zero-order valence-electron chi connectivity index (χ0n) is 15.0. The van der Waals surface area contributed by atoms with Crippen LogP contribution in [0.2, 0.25) is 5.02 Å². The molecule has 0 aliphatic rings. The van der Waals surface area contributed by atoms with Crippen LogP contribution in [0.25, 0.3) is 0 Å². The molecule has 0 fully saturated rings. The van der Waals surface area contributed by atoms with Crippen LogP contribution in [0.15, 0.2) is 52.3 Å². The second-order valence-corrected chi connectivity index (χ2v) is 8.84. The molecule has 0 saturated carbocycles. The Morgan fingerprint density at radius 2 is 1.93 bits per heavy atom. The zero-order valence-corrected chi connectivity index (χ0v) is 17.4. The fourth-order valence-corrected chi connectivity index (χ4v) is 4.18. The van der Waals surface area contributed by atoms with E-state index in [0.717, 1.165) is 4.90 Å². The Balaban J connectivity index is 1.79. The molecule has 0 unspecified atom stereocenters. The summed E-state index contributed by atoms with van der Waals surface area (Å²) in [6.45, 7) is 1.11. The molecule has 0 saturated heterocycles. The standard InChI is InChI=1S/C18H19ClN2O5S2/c1-12-6-7-13(10-16(12)28(20,24)25)21-17(22)11-26-18(23)8-9-27-15-5-3-2-4-14(15)19/h2-7,10H,8-9,11H2,1H3,(H,21,22)(H2,20,24,25). The van der Waals surface area contributed by atoms with E-state index in [9.17, 15) is 18.0 Å². The van der Waals surface area contributed by atoms with Gasteiger partial charge in [-0.1, -0.05) is 29.8 Å². The van der Waals surface area contributed by atoms with E-state index < -0.39 is 28.5 Å². The van der Waals surface area contributed by atoms with Gasteiger partial charge in [0.2, 0.25) is 10.0 Å². The summed E-state index contributed by atoms with van der Waals surface area (Å²) in [5, 5.41) is 8.21. The lowest BCUT2D eigenvalue weighted by Crippen LogP contribution is -2.21. The number of anilines is 1. The summed E-state index contributed by atoms with van der Waals surface area (Å²) in [5.74, 6) is -0.653. The Labute approximate surface area is 172 Å². The number of carbonyl (C=O) groups is 2. The predicted molar refractivity (Wildman–Crippen MR) is 109 cm³/mol. The smallest absolute Gasteiger partial charge is 0.307 e. The summed E-state index contributed by atoms with van der Waals surface area (Å²) < 4.78 is 28.0. The number of thioether (sulfide) groups is 1. The van der Waals surface area contributed by atoms with Gasteiger partial charge in [0.25, 0.3) is 5.91 Å². The van der Waals surface area contributed by atoms with E-state index in [2.05, 4.69) is 5.32 Å². The van der Waals surface area contributed by atoms with Crippen molar-refractivity contribution in [2.75, 3.05) is 17.7 Å². The molecular formula is C18H19ClN2O5S2. The maximum atomic E-state index is 11.9. The molecular weight excluding hydrogens is 424 g/mol. The van der Waals surface area contributed by atoms with Crippen molar-refractivity contribution in [2.45, 2.75) is 23.1 Å². The number of aryl methyl sites for hydroxylation is 1. The number of halogens is 1. The van der Waals surface area contributed by atoms with Gasteiger partial charge in [-0.05, 0) is 36.8 Å². The molecule has 7 nitrogen and oxygen atoms in total. The van der Waals surface area contributed by atoms with E-state index in [1.807, 2.05) is 18.2 Å². The highest BCUT2D eigenvalue weighted by atomic mass is 35.5. The van der Waals surface area contributed by atoms with Crippen molar-refractivity contribution in [3.63, 3.8) is 0 Å². The van der Waals surface area contributed by atoms with Gasteiger partial charge in [0.1, 0.15) is 0 Å². The van der Waals surface area contributed by atoms with Crippen molar-refractivity contribution in [3.8, 4) is 0 Å². The molecule has 0 aromatic heterocycles. The van der Waals surface area contributed by atoms with E-state index >= 15 is 0 Å². The van der Waals surface area contributed by atoms with Gasteiger partial charge in [-0.2, -0.15) is 0 Å². The largest absolute Gasteiger partial charge is 0.456 e. The summed E-state index contributed by atoms with van der Waals surface area (Å²) in [4.78, 5) is 24.4. The highest BCUT2D eigenvalue weighted by Gasteiger charge is 2.14. The second-order valence-electron chi connectivity index (χ2n) is 5.76. The molecule has 10 heteroatoms. The van der Waals surface area contributed by atoms with E-state index in [-0.39, 0.29) is 17.0 Å². The number of hydrogen-bond donors (Lipinski definition) is 2. The van der Waals surface area contributed by atoms with Gasteiger partial charge in [-0.25, -0.2) is 13.6 Å². The molecule has 1 amide bonds. The highest BCUT2D eigenvalue weighted by Crippen LogP contribution is 2.27. The van der Waals surface area contributed by atoms with Crippen LogP contribution in [0.4, 0.5) is 5.69 Å². The first-order valence-electron chi connectivity index (χ1n) is 8.13. The van der Waals surface area contributed by atoms with Gasteiger partial charge in [-0.15, -0.1) is 11.8 Å². The summed E-state index contributed by atoms with van der Waals surface area (Å²) in [5.41, 5.74) is 0.702. The number of hydrogen-bond acceptors (Lipinski definition) is 6. The normalized spacial score (nSPS) is 11.1. The van der Waals surface area contributed by atoms with Crippen LogP contribution in [0.1, 0.15) is 12.0 Å². The van der Waals surface area contributed by atoms with E-state index in [1.165, 1.54) is 30.0 Å². The average molecular weight is 443 g/mol. The van der Waals surface area contributed by atoms with Crippen molar-refractivity contribution in [3.05, 3.63) is 53.1 Å². The van der Waals surface area contributed by atoms with Crippen molar-refractivity contribution >= 4 is 50.9 Å². The monoisotopic (exact) mass is 442 g/mol. The van der Waals surface area contributed by atoms with Gasteiger partial charge in [0.15, 0.2) is 6.61 Å². The average Bonchev–Trinajstić information content (AvgIpc) is 2.62. The Bertz CT molecular complexity index is 980. The number of rotatable bonds is 8. The Kier molecular flexibility index (Phi) is 7.88. The number of primary sulfonamides is 1. The summed E-state index contributed by atoms with van der Waals surface area (Å²) in [6.07, 6.45) is 0.114. The van der Waals surface area contributed by atoms with Crippen LogP contribution in [-0.4, -0.2) is 32.7 Å². The topological polar surface area (TPSA) is 116 Å². The molecule has 0 aliphatic carbocycles. The van der Waals surface area contributed by atoms with Crippen molar-refractivity contribution in [1.29, 1.82) is 0 Å². The van der Waals surface area contributed by atoms with E-state index in [4.69, 9.17) is 21.5 Å². The molecule has 2 aromatic carbocycles. The number of sulfonamides is 1. The number of benzene rings is 2. The van der Waals surface area contributed by atoms with Gasteiger partial charge in [0, 0.05) is 16.3 Å². The van der Waals surface area contributed by atoms with E-state index in [1.54, 1.807) is 13.0 Å². The van der Waals surface area contributed by atoms with Crippen LogP contribution >= 0.6 is 23.4 Å². The summed E-state index contributed by atoms with van der Waals surface area (Å²) >= 11 is 7.45. The predicted octanol–water partition coefficient (Wildman–Crippen LogP) is 2.96. The number of carbonyl (C=O) groups excluding carboxylic acids is 2. The lowest BCUT2D eigenvalue weighted by atomic mass is 10.2. The minimum Gasteiger partial charge on any atom is -0.456 e. The third-order valence-electron chi connectivity index (χ3n) is 3.54. The molecule has 28 heavy (non-hydrogen) atoms. The van der Waals surface area contributed by atoms with Gasteiger partial charge < -0.3 is 10.1 Å².